The number of carbonyl (C=O) groups is 1. The molecule has 0 unspecified atom stereocenters. The Hall–Kier alpha value is -2.57. The molecule has 0 atom stereocenters. The van der Waals surface area contributed by atoms with Crippen LogP contribution in [0.2, 0.25) is 0 Å². The minimum Gasteiger partial charge on any atom is -0.326 e. The minimum atomic E-state index is -0.218. The van der Waals surface area contributed by atoms with Gasteiger partial charge in [0.05, 0.1) is 12.1 Å². The molecule has 0 aliphatic carbocycles. The minimum absolute atomic E-state index is 0.0724. The summed E-state index contributed by atoms with van der Waals surface area (Å²) < 4.78 is 13.4. The number of hydrogen-bond donors (Lipinski definition) is 1. The van der Waals surface area contributed by atoms with E-state index >= 15 is 0 Å². The number of rotatable bonds is 8. The third kappa shape index (κ3) is 5.97. The number of anilines is 1. The summed E-state index contributed by atoms with van der Waals surface area (Å²) in [6, 6.07) is 14.4. The van der Waals surface area contributed by atoms with Crippen molar-refractivity contribution in [3.63, 3.8) is 0 Å². The van der Waals surface area contributed by atoms with Gasteiger partial charge in [0.15, 0.2) is 0 Å². The molecule has 1 amide bonds. The van der Waals surface area contributed by atoms with Crippen molar-refractivity contribution >= 4 is 22.9 Å². The number of halogens is 1. The third-order valence-electron chi connectivity index (χ3n) is 4.37. The van der Waals surface area contributed by atoms with Gasteiger partial charge >= 0.3 is 0 Å². The molecule has 6 heteroatoms. The zero-order chi connectivity index (χ0) is 19.9. The SMILES string of the molecule is CCN(Cc1cccc(F)c1)Cc1csc(CC(=O)Nc2ccc(C)cc2)n1. The van der Waals surface area contributed by atoms with E-state index in [0.717, 1.165) is 34.1 Å². The number of nitrogens with one attached hydrogen (secondary N) is 1. The lowest BCUT2D eigenvalue weighted by Crippen LogP contribution is -2.22. The van der Waals surface area contributed by atoms with E-state index in [-0.39, 0.29) is 18.1 Å². The molecular weight excluding hydrogens is 373 g/mol. The molecule has 1 aromatic heterocycles. The van der Waals surface area contributed by atoms with Gasteiger partial charge < -0.3 is 5.32 Å². The summed E-state index contributed by atoms with van der Waals surface area (Å²) in [5, 5.41) is 5.68. The fourth-order valence-corrected chi connectivity index (χ4v) is 3.67. The number of carbonyl (C=O) groups excluding carboxylic acids is 1. The van der Waals surface area contributed by atoms with E-state index in [9.17, 15) is 9.18 Å². The van der Waals surface area contributed by atoms with Crippen molar-refractivity contribution in [3.8, 4) is 0 Å². The molecule has 1 N–H and O–H groups in total. The predicted octanol–water partition coefficient (Wildman–Crippen LogP) is 4.79. The van der Waals surface area contributed by atoms with E-state index in [4.69, 9.17) is 0 Å². The molecule has 3 rings (SSSR count). The van der Waals surface area contributed by atoms with Crippen molar-refractivity contribution in [1.82, 2.24) is 9.88 Å². The summed E-state index contributed by atoms with van der Waals surface area (Å²) in [4.78, 5) is 19.0. The van der Waals surface area contributed by atoms with Crippen LogP contribution in [0.25, 0.3) is 0 Å². The molecule has 0 aliphatic rings. The first-order chi connectivity index (χ1) is 13.5. The maximum absolute atomic E-state index is 13.4. The van der Waals surface area contributed by atoms with Gasteiger partial charge in [0.2, 0.25) is 5.91 Å². The Balaban J connectivity index is 1.55. The lowest BCUT2D eigenvalue weighted by atomic mass is 10.2. The van der Waals surface area contributed by atoms with Crippen LogP contribution in [-0.2, 0) is 24.3 Å². The van der Waals surface area contributed by atoms with Gasteiger partial charge in [-0.1, -0.05) is 36.8 Å². The highest BCUT2D eigenvalue weighted by atomic mass is 32.1. The second-order valence-corrected chi connectivity index (χ2v) is 7.70. The summed E-state index contributed by atoms with van der Waals surface area (Å²) >= 11 is 1.49. The summed E-state index contributed by atoms with van der Waals surface area (Å²) in [5.74, 6) is -0.291. The van der Waals surface area contributed by atoms with Gasteiger partial charge in [-0.25, -0.2) is 9.37 Å². The maximum atomic E-state index is 13.4. The number of aryl methyl sites for hydroxylation is 1. The molecule has 0 bridgehead atoms. The van der Waals surface area contributed by atoms with E-state index in [2.05, 4.69) is 22.1 Å². The molecule has 0 spiro atoms. The molecule has 0 fully saturated rings. The van der Waals surface area contributed by atoms with Gasteiger partial charge in [-0.05, 0) is 43.3 Å². The molecule has 4 nitrogen and oxygen atoms in total. The van der Waals surface area contributed by atoms with Crippen LogP contribution >= 0.6 is 11.3 Å². The highest BCUT2D eigenvalue weighted by molar-refractivity contribution is 7.09. The van der Waals surface area contributed by atoms with Crippen molar-refractivity contribution < 1.29 is 9.18 Å². The van der Waals surface area contributed by atoms with Gasteiger partial charge in [0, 0.05) is 24.2 Å². The predicted molar refractivity (Wildman–Crippen MR) is 112 cm³/mol. The van der Waals surface area contributed by atoms with Crippen molar-refractivity contribution in [2.24, 2.45) is 0 Å². The molecule has 0 radical (unpaired) electrons. The number of thiazole rings is 1. The molecular formula is C22H24FN3OS. The first-order valence-corrected chi connectivity index (χ1v) is 10.2. The molecule has 146 valence electrons. The highest BCUT2D eigenvalue weighted by Gasteiger charge is 2.11. The number of nitrogens with zero attached hydrogens (tertiary/aromatic N) is 2. The van der Waals surface area contributed by atoms with Gasteiger partial charge in [0.25, 0.3) is 0 Å². The van der Waals surface area contributed by atoms with E-state index in [1.807, 2.05) is 42.6 Å². The van der Waals surface area contributed by atoms with Gasteiger partial charge in [0.1, 0.15) is 10.8 Å². The number of aromatic nitrogens is 1. The monoisotopic (exact) mass is 397 g/mol. The molecule has 0 saturated carbocycles. The van der Waals surface area contributed by atoms with Crippen molar-refractivity contribution in [2.45, 2.75) is 33.4 Å². The van der Waals surface area contributed by atoms with Gasteiger partial charge in [-0.2, -0.15) is 0 Å². The number of hydrogen-bond acceptors (Lipinski definition) is 4. The maximum Gasteiger partial charge on any atom is 0.231 e. The second-order valence-electron chi connectivity index (χ2n) is 6.76. The van der Waals surface area contributed by atoms with Crippen molar-refractivity contribution in [1.29, 1.82) is 0 Å². The van der Waals surface area contributed by atoms with Crippen LogP contribution in [0.15, 0.2) is 53.9 Å². The normalized spacial score (nSPS) is 11.0. The summed E-state index contributed by atoms with van der Waals surface area (Å²) in [5.41, 5.74) is 3.82. The molecule has 0 saturated heterocycles. The first-order valence-electron chi connectivity index (χ1n) is 9.28. The number of amides is 1. The van der Waals surface area contributed by atoms with E-state index in [1.54, 1.807) is 12.1 Å². The Morgan fingerprint density at radius 2 is 1.96 bits per heavy atom. The Labute approximate surface area is 169 Å². The molecule has 1 heterocycles. The fraction of sp³-hybridized carbons (Fsp3) is 0.273. The summed E-state index contributed by atoms with van der Waals surface area (Å²) in [6.07, 6.45) is 0.258. The first kappa shape index (κ1) is 20.2. The van der Waals surface area contributed by atoms with Gasteiger partial charge in [-0.3, -0.25) is 9.69 Å². The summed E-state index contributed by atoms with van der Waals surface area (Å²) in [6.45, 7) is 6.24. The Morgan fingerprint density at radius 1 is 1.18 bits per heavy atom. The topological polar surface area (TPSA) is 45.2 Å². The van der Waals surface area contributed by atoms with Crippen molar-refractivity contribution in [3.05, 3.63) is 81.6 Å². The Morgan fingerprint density at radius 3 is 2.68 bits per heavy atom. The zero-order valence-electron chi connectivity index (χ0n) is 16.1. The van der Waals surface area contributed by atoms with Crippen LogP contribution < -0.4 is 5.32 Å². The van der Waals surface area contributed by atoms with Gasteiger partial charge in [-0.15, -0.1) is 11.3 Å². The molecule has 2 aromatic carbocycles. The van der Waals surface area contributed by atoms with Crippen LogP contribution in [0.3, 0.4) is 0 Å². The lowest BCUT2D eigenvalue weighted by molar-refractivity contribution is -0.115. The zero-order valence-corrected chi connectivity index (χ0v) is 16.9. The lowest BCUT2D eigenvalue weighted by Gasteiger charge is -2.19. The van der Waals surface area contributed by atoms with E-state index in [0.29, 0.717) is 13.1 Å². The Kier molecular flexibility index (Phi) is 6.90. The van der Waals surface area contributed by atoms with Crippen LogP contribution in [0.4, 0.5) is 10.1 Å². The standard InChI is InChI=1S/C22H24FN3OS/c1-3-26(13-17-5-4-6-18(23)11-17)14-20-15-28-22(25-20)12-21(27)24-19-9-7-16(2)8-10-19/h4-11,15H,3,12-14H2,1-2H3,(H,24,27). The smallest absolute Gasteiger partial charge is 0.231 e. The second kappa shape index (κ2) is 9.57. The average Bonchev–Trinajstić information content (AvgIpc) is 3.10. The van der Waals surface area contributed by atoms with E-state index in [1.165, 1.54) is 17.4 Å². The van der Waals surface area contributed by atoms with Crippen LogP contribution in [0.5, 0.6) is 0 Å². The molecule has 3 aromatic rings. The van der Waals surface area contributed by atoms with Crippen LogP contribution in [0.1, 0.15) is 28.8 Å². The number of benzene rings is 2. The van der Waals surface area contributed by atoms with E-state index < -0.39 is 0 Å². The molecule has 0 aliphatic heterocycles. The largest absolute Gasteiger partial charge is 0.326 e. The molecule has 28 heavy (non-hydrogen) atoms. The quantitative estimate of drug-likeness (QED) is 0.594. The Bertz CT molecular complexity index is 924. The van der Waals surface area contributed by atoms with Crippen LogP contribution in [-0.4, -0.2) is 22.3 Å². The highest BCUT2D eigenvalue weighted by Crippen LogP contribution is 2.16. The van der Waals surface area contributed by atoms with Crippen molar-refractivity contribution in [2.75, 3.05) is 11.9 Å². The fourth-order valence-electron chi connectivity index (χ4n) is 2.88. The summed E-state index contributed by atoms with van der Waals surface area (Å²) in [7, 11) is 0. The average molecular weight is 398 g/mol. The third-order valence-corrected chi connectivity index (χ3v) is 5.27. The van der Waals surface area contributed by atoms with Crippen LogP contribution in [0, 0.1) is 12.7 Å².